The van der Waals surface area contributed by atoms with Gasteiger partial charge in [-0.1, -0.05) is 0 Å². The number of carbonyl (C=O) groups is 3. The second-order valence-corrected chi connectivity index (χ2v) is 8.33. The van der Waals surface area contributed by atoms with Crippen LogP contribution in [-0.4, -0.2) is 41.4 Å². The summed E-state index contributed by atoms with van der Waals surface area (Å²) in [5.74, 6) is -0.934. The van der Waals surface area contributed by atoms with Crippen LogP contribution in [0.2, 0.25) is 0 Å². The second-order valence-electron chi connectivity index (χ2n) is 8.33. The summed E-state index contributed by atoms with van der Waals surface area (Å²) < 4.78 is 14.8. The van der Waals surface area contributed by atoms with Crippen LogP contribution in [0, 0.1) is 10.1 Å². The van der Waals surface area contributed by atoms with E-state index in [1.54, 1.807) is 41.5 Å². The highest BCUT2D eigenvalue weighted by molar-refractivity contribution is 5.97. The highest BCUT2D eigenvalue weighted by Crippen LogP contribution is 2.26. The van der Waals surface area contributed by atoms with Crippen molar-refractivity contribution in [1.82, 2.24) is 5.32 Å². The van der Waals surface area contributed by atoms with Crippen LogP contribution in [0.4, 0.5) is 21.0 Å². The minimum absolute atomic E-state index is 0.0174. The molecular weight excluding hydrogens is 410 g/mol. The number of nitrogens with zero attached hydrogens (tertiary/aromatic N) is 1. The molecule has 0 fully saturated rings. The Hall–Kier alpha value is -3.63. The van der Waals surface area contributed by atoms with Crippen molar-refractivity contribution in [2.24, 2.45) is 0 Å². The third kappa shape index (κ3) is 9.15. The number of hydrogen-bond acceptors (Lipinski definition) is 8. The average Bonchev–Trinajstić information content (AvgIpc) is 2.58. The maximum absolute atomic E-state index is 12.0. The molecule has 2 N–H and O–H groups in total. The summed E-state index contributed by atoms with van der Waals surface area (Å²) in [6.45, 7) is 9.93. The summed E-state index contributed by atoms with van der Waals surface area (Å²) in [5.41, 5.74) is -2.28. The van der Waals surface area contributed by atoms with Crippen molar-refractivity contribution < 1.29 is 33.5 Å². The fourth-order valence-electron chi connectivity index (χ4n) is 2.15. The van der Waals surface area contributed by atoms with Gasteiger partial charge in [-0.25, -0.2) is 14.4 Å². The Bertz CT molecular complexity index is 895. The monoisotopic (exact) mass is 437 g/mol. The molecule has 0 radical (unpaired) electrons. The van der Waals surface area contributed by atoms with Gasteiger partial charge in [-0.05, 0) is 59.8 Å². The summed E-state index contributed by atoms with van der Waals surface area (Å²) in [7, 11) is 1.09. The van der Waals surface area contributed by atoms with E-state index in [0.717, 1.165) is 19.3 Å². The summed E-state index contributed by atoms with van der Waals surface area (Å²) in [4.78, 5) is 46.8. The normalized spacial score (nSPS) is 11.9. The second kappa shape index (κ2) is 9.92. The van der Waals surface area contributed by atoms with Crippen molar-refractivity contribution in [3.8, 4) is 0 Å². The van der Waals surface area contributed by atoms with E-state index in [1.165, 1.54) is 12.1 Å². The Morgan fingerprint density at radius 2 is 1.55 bits per heavy atom. The molecule has 11 nitrogen and oxygen atoms in total. The Kier molecular flexibility index (Phi) is 8.13. The molecule has 0 saturated heterocycles. The van der Waals surface area contributed by atoms with Gasteiger partial charge in [0, 0.05) is 6.07 Å². The fraction of sp³-hybridized carbons (Fsp3) is 0.450. The minimum Gasteiger partial charge on any atom is -0.464 e. The number of hydrogen-bond donors (Lipinski definition) is 2. The Morgan fingerprint density at radius 3 is 2.03 bits per heavy atom. The summed E-state index contributed by atoms with van der Waals surface area (Å²) in [5, 5.41) is 16.1. The summed E-state index contributed by atoms with van der Waals surface area (Å²) in [6, 6.07) is 3.77. The summed E-state index contributed by atoms with van der Waals surface area (Å²) >= 11 is 0. The molecule has 11 heteroatoms. The van der Waals surface area contributed by atoms with E-state index in [9.17, 15) is 24.5 Å². The molecule has 170 valence electrons. The van der Waals surface area contributed by atoms with Crippen molar-refractivity contribution in [2.45, 2.75) is 52.7 Å². The first kappa shape index (κ1) is 25.4. The van der Waals surface area contributed by atoms with Crippen molar-refractivity contribution >= 4 is 35.6 Å². The maximum atomic E-state index is 12.0. The third-order valence-electron chi connectivity index (χ3n) is 3.21. The molecule has 0 saturated carbocycles. The van der Waals surface area contributed by atoms with Crippen LogP contribution in [0.5, 0.6) is 0 Å². The first-order valence-corrected chi connectivity index (χ1v) is 9.20. The number of nitro groups is 1. The van der Waals surface area contributed by atoms with Gasteiger partial charge in [-0.15, -0.1) is 0 Å². The van der Waals surface area contributed by atoms with E-state index in [4.69, 9.17) is 9.47 Å². The molecule has 1 rings (SSSR count). The number of methoxy groups -OCH3 is 1. The number of ether oxygens (including phenoxy) is 3. The molecule has 31 heavy (non-hydrogen) atoms. The molecule has 2 amide bonds. The average molecular weight is 437 g/mol. The van der Waals surface area contributed by atoms with Gasteiger partial charge in [-0.2, -0.15) is 0 Å². The number of amides is 2. The molecule has 0 atom stereocenters. The van der Waals surface area contributed by atoms with E-state index in [0.29, 0.717) is 0 Å². The molecule has 0 bridgehead atoms. The van der Waals surface area contributed by atoms with Gasteiger partial charge in [0.05, 0.1) is 23.3 Å². The van der Waals surface area contributed by atoms with Gasteiger partial charge in [0.15, 0.2) is 0 Å². The van der Waals surface area contributed by atoms with Gasteiger partial charge in [0.2, 0.25) is 0 Å². The lowest BCUT2D eigenvalue weighted by Gasteiger charge is -2.20. The number of nitrogens with one attached hydrogen (secondary N) is 2. The smallest absolute Gasteiger partial charge is 0.412 e. The van der Waals surface area contributed by atoms with E-state index in [-0.39, 0.29) is 16.9 Å². The molecular formula is C20H27N3O8. The lowest BCUT2D eigenvalue weighted by atomic mass is 10.1. The number of benzene rings is 1. The van der Waals surface area contributed by atoms with Crippen LogP contribution < -0.4 is 10.6 Å². The van der Waals surface area contributed by atoms with Crippen LogP contribution >= 0.6 is 0 Å². The number of carbonyl (C=O) groups excluding carboxylic acids is 3. The lowest BCUT2D eigenvalue weighted by molar-refractivity contribution is -0.385. The molecule has 1 aromatic carbocycles. The maximum Gasteiger partial charge on any atom is 0.412 e. The Labute approximate surface area is 179 Å². The summed E-state index contributed by atoms with van der Waals surface area (Å²) in [6.07, 6.45) is -0.646. The number of alkyl carbamates (subject to hydrolysis) is 1. The zero-order valence-electron chi connectivity index (χ0n) is 18.5. The van der Waals surface area contributed by atoms with Crippen LogP contribution in [0.1, 0.15) is 47.1 Å². The first-order chi connectivity index (χ1) is 14.1. The highest BCUT2D eigenvalue weighted by Gasteiger charge is 2.23. The van der Waals surface area contributed by atoms with Crippen molar-refractivity contribution in [2.75, 3.05) is 12.4 Å². The number of rotatable bonds is 5. The van der Waals surface area contributed by atoms with Crippen LogP contribution in [0.25, 0.3) is 6.08 Å². The molecule has 0 heterocycles. The highest BCUT2D eigenvalue weighted by atomic mass is 16.6. The molecule has 0 aliphatic rings. The Balaban J connectivity index is 3.25. The first-order valence-electron chi connectivity index (χ1n) is 9.20. The van der Waals surface area contributed by atoms with Crippen molar-refractivity contribution in [1.29, 1.82) is 0 Å². The topological polar surface area (TPSA) is 146 Å². The van der Waals surface area contributed by atoms with Crippen molar-refractivity contribution in [3.63, 3.8) is 0 Å². The SMILES string of the molecule is COC(=O)/C(=C/c1ccc(NC(=O)OC(C)(C)C)cc1[N+](=O)[O-])NC(=O)OC(C)(C)C. The Morgan fingerprint density at radius 1 is 1.00 bits per heavy atom. The third-order valence-corrected chi connectivity index (χ3v) is 3.21. The van der Waals surface area contributed by atoms with E-state index in [2.05, 4.69) is 15.4 Å². The molecule has 0 aromatic heterocycles. The molecule has 0 aliphatic heterocycles. The van der Waals surface area contributed by atoms with Crippen LogP contribution in [0.3, 0.4) is 0 Å². The molecule has 0 unspecified atom stereocenters. The van der Waals surface area contributed by atoms with Gasteiger partial charge in [0.25, 0.3) is 5.69 Å². The van der Waals surface area contributed by atoms with Crippen molar-refractivity contribution in [3.05, 3.63) is 39.6 Å². The van der Waals surface area contributed by atoms with Crippen LogP contribution in [0.15, 0.2) is 23.9 Å². The molecule has 0 aliphatic carbocycles. The molecule has 0 spiro atoms. The minimum atomic E-state index is -0.935. The van der Waals surface area contributed by atoms with E-state index in [1.807, 2.05) is 0 Å². The largest absolute Gasteiger partial charge is 0.464 e. The van der Waals surface area contributed by atoms with Crippen LogP contribution in [-0.2, 0) is 19.0 Å². The van der Waals surface area contributed by atoms with Gasteiger partial charge in [0.1, 0.15) is 16.9 Å². The zero-order valence-corrected chi connectivity index (χ0v) is 18.5. The number of nitro benzene ring substituents is 1. The predicted octanol–water partition coefficient (Wildman–Crippen LogP) is 3.98. The van der Waals surface area contributed by atoms with Gasteiger partial charge in [-0.3, -0.25) is 20.7 Å². The van der Waals surface area contributed by atoms with Gasteiger partial charge >= 0.3 is 18.2 Å². The quantitative estimate of drug-likeness (QED) is 0.231. The fourth-order valence-corrected chi connectivity index (χ4v) is 2.15. The number of esters is 1. The van der Waals surface area contributed by atoms with Gasteiger partial charge < -0.3 is 14.2 Å². The standard InChI is InChI=1S/C20H27N3O8/c1-19(2,3)30-17(25)21-13-9-8-12(15(11-13)23(27)28)10-14(16(24)29-7)22-18(26)31-20(4,5)6/h8-11H,1-7H3,(H,21,25)(H,22,26)/b14-10-. The molecule has 1 aromatic rings. The predicted molar refractivity (Wildman–Crippen MR) is 112 cm³/mol. The zero-order chi connectivity index (χ0) is 24.0. The lowest BCUT2D eigenvalue weighted by Crippen LogP contribution is -2.34. The number of anilines is 1. The van der Waals surface area contributed by atoms with E-state index < -0.39 is 40.0 Å². The van der Waals surface area contributed by atoms with E-state index >= 15 is 0 Å².